The number of nitrogens with one attached hydrogen (secondary N) is 2. The Balaban J connectivity index is 1.32. The Kier molecular flexibility index (Phi) is 6.91. The van der Waals surface area contributed by atoms with E-state index in [2.05, 4.69) is 74.6 Å². The molecule has 5 rings (SSSR count). The summed E-state index contributed by atoms with van der Waals surface area (Å²) in [6.45, 7) is 17.6. The van der Waals surface area contributed by atoms with Gasteiger partial charge in [0.15, 0.2) is 11.4 Å². The molecule has 0 bridgehead atoms. The van der Waals surface area contributed by atoms with Crippen molar-refractivity contribution in [1.29, 1.82) is 0 Å². The number of hydrogen-bond donors (Lipinski definition) is 2. The molecule has 0 spiro atoms. The molecule has 1 aliphatic rings. The SMILES string of the molecule is Cc1cc2c(cc1Oc1ccc(C(=O)NNc3cc(C)c4c(C)nn(C)c4n3)o1)C(C(C)C)C(C)C2C(C)C. The number of benzene rings is 1. The molecular formula is C31H39N5O3. The van der Waals surface area contributed by atoms with E-state index in [0.717, 1.165) is 33.6 Å². The van der Waals surface area contributed by atoms with E-state index < -0.39 is 5.91 Å². The number of hydrogen-bond acceptors (Lipinski definition) is 6. The van der Waals surface area contributed by atoms with Gasteiger partial charge in [0.05, 0.1) is 5.69 Å². The third-order valence-electron chi connectivity index (χ3n) is 8.15. The number of nitrogens with zero attached hydrogens (tertiary/aromatic N) is 3. The molecule has 3 unspecified atom stereocenters. The zero-order chi connectivity index (χ0) is 28.2. The maximum absolute atomic E-state index is 12.8. The molecular weight excluding hydrogens is 490 g/mol. The van der Waals surface area contributed by atoms with Crippen molar-refractivity contribution >= 4 is 22.8 Å². The van der Waals surface area contributed by atoms with Crippen LogP contribution in [0.4, 0.5) is 5.82 Å². The summed E-state index contributed by atoms with van der Waals surface area (Å²) in [4.78, 5) is 17.4. The van der Waals surface area contributed by atoms with Gasteiger partial charge < -0.3 is 9.15 Å². The lowest BCUT2D eigenvalue weighted by Crippen LogP contribution is -2.29. The Morgan fingerprint density at radius 2 is 1.67 bits per heavy atom. The highest BCUT2D eigenvalue weighted by atomic mass is 16.6. The van der Waals surface area contributed by atoms with Gasteiger partial charge >= 0.3 is 5.91 Å². The molecule has 0 saturated carbocycles. The fourth-order valence-corrected chi connectivity index (χ4v) is 6.65. The van der Waals surface area contributed by atoms with Crippen LogP contribution in [0.25, 0.3) is 11.0 Å². The van der Waals surface area contributed by atoms with Gasteiger partial charge in [0.2, 0.25) is 0 Å². The van der Waals surface area contributed by atoms with Gasteiger partial charge in [-0.05, 0) is 90.8 Å². The van der Waals surface area contributed by atoms with Crippen molar-refractivity contribution in [3.8, 4) is 11.7 Å². The first-order valence-corrected chi connectivity index (χ1v) is 13.8. The topological polar surface area (TPSA) is 94.2 Å². The molecule has 3 aromatic heterocycles. The first kappa shape index (κ1) is 26.8. The molecule has 0 fully saturated rings. The molecule has 0 radical (unpaired) electrons. The minimum atomic E-state index is -0.426. The van der Waals surface area contributed by atoms with Crippen molar-refractivity contribution in [2.45, 2.75) is 67.2 Å². The van der Waals surface area contributed by atoms with Crippen LogP contribution < -0.4 is 15.6 Å². The predicted molar refractivity (Wildman–Crippen MR) is 153 cm³/mol. The normalized spacial score (nSPS) is 18.7. The Bertz CT molecular complexity index is 1550. The molecule has 206 valence electrons. The van der Waals surface area contributed by atoms with Crippen LogP contribution >= 0.6 is 0 Å². The Morgan fingerprint density at radius 1 is 1.00 bits per heavy atom. The second-order valence-corrected chi connectivity index (χ2v) is 11.7. The molecule has 0 aliphatic heterocycles. The van der Waals surface area contributed by atoms with Crippen LogP contribution in [0.2, 0.25) is 0 Å². The Morgan fingerprint density at radius 3 is 2.33 bits per heavy atom. The third-order valence-corrected chi connectivity index (χ3v) is 8.15. The Hall–Kier alpha value is -3.81. The van der Waals surface area contributed by atoms with E-state index >= 15 is 0 Å². The summed E-state index contributed by atoms with van der Waals surface area (Å²) >= 11 is 0. The van der Waals surface area contributed by atoms with Gasteiger partial charge in [-0.3, -0.25) is 20.3 Å². The Labute approximate surface area is 230 Å². The number of ether oxygens (including phenoxy) is 1. The zero-order valence-electron chi connectivity index (χ0n) is 24.3. The van der Waals surface area contributed by atoms with Gasteiger partial charge in [0.1, 0.15) is 11.6 Å². The van der Waals surface area contributed by atoms with Crippen molar-refractivity contribution in [1.82, 2.24) is 20.2 Å². The van der Waals surface area contributed by atoms with Crippen LogP contribution in [0.15, 0.2) is 34.7 Å². The number of fused-ring (bicyclic) bond motifs is 2. The van der Waals surface area contributed by atoms with Crippen LogP contribution in [-0.2, 0) is 7.05 Å². The maximum Gasteiger partial charge on any atom is 0.305 e. The number of rotatable bonds is 7. The molecule has 39 heavy (non-hydrogen) atoms. The smallest absolute Gasteiger partial charge is 0.305 e. The summed E-state index contributed by atoms with van der Waals surface area (Å²) in [6, 6.07) is 9.62. The van der Waals surface area contributed by atoms with Crippen LogP contribution in [-0.4, -0.2) is 20.7 Å². The molecule has 2 N–H and O–H groups in total. The highest BCUT2D eigenvalue weighted by Gasteiger charge is 2.41. The molecule has 1 amide bonds. The van der Waals surface area contributed by atoms with E-state index in [-0.39, 0.29) is 11.7 Å². The summed E-state index contributed by atoms with van der Waals surface area (Å²) in [5.74, 6) is 3.95. The molecule has 3 heterocycles. The number of aromatic nitrogens is 3. The number of furan rings is 1. The number of hydrazine groups is 1. The second-order valence-electron chi connectivity index (χ2n) is 11.7. The summed E-state index contributed by atoms with van der Waals surface area (Å²) in [6.07, 6.45) is 0. The molecule has 8 heteroatoms. The minimum absolute atomic E-state index is 0.138. The van der Waals surface area contributed by atoms with Crippen molar-refractivity contribution in [2.75, 3.05) is 5.43 Å². The third kappa shape index (κ3) is 4.77. The fourth-order valence-electron chi connectivity index (χ4n) is 6.65. The second kappa shape index (κ2) is 10.1. The van der Waals surface area contributed by atoms with Crippen molar-refractivity contribution in [3.05, 3.63) is 64.0 Å². The summed E-state index contributed by atoms with van der Waals surface area (Å²) in [5.41, 5.74) is 12.1. The van der Waals surface area contributed by atoms with Crippen LogP contribution in [0, 0.1) is 38.5 Å². The van der Waals surface area contributed by atoms with Gasteiger partial charge in [-0.2, -0.15) is 5.10 Å². The minimum Gasteiger partial charge on any atom is -0.426 e. The number of carbonyl (C=O) groups excluding carboxylic acids is 1. The zero-order valence-corrected chi connectivity index (χ0v) is 24.3. The van der Waals surface area contributed by atoms with Gasteiger partial charge in [-0.15, -0.1) is 0 Å². The van der Waals surface area contributed by atoms with Crippen molar-refractivity contribution in [2.24, 2.45) is 24.8 Å². The number of anilines is 1. The highest BCUT2D eigenvalue weighted by Crippen LogP contribution is 2.54. The van der Waals surface area contributed by atoms with Gasteiger partial charge in [-0.1, -0.05) is 40.7 Å². The fraction of sp³-hybridized carbons (Fsp3) is 0.452. The first-order chi connectivity index (χ1) is 18.5. The molecule has 1 aromatic carbocycles. The number of amides is 1. The van der Waals surface area contributed by atoms with E-state index in [1.165, 1.54) is 11.1 Å². The van der Waals surface area contributed by atoms with Crippen LogP contribution in [0.1, 0.15) is 85.0 Å². The van der Waals surface area contributed by atoms with Gasteiger partial charge in [0, 0.05) is 18.5 Å². The monoisotopic (exact) mass is 529 g/mol. The van der Waals surface area contributed by atoms with E-state index in [1.54, 1.807) is 16.8 Å². The summed E-state index contributed by atoms with van der Waals surface area (Å²) < 4.78 is 13.7. The first-order valence-electron chi connectivity index (χ1n) is 13.8. The van der Waals surface area contributed by atoms with E-state index in [4.69, 9.17) is 9.15 Å². The lowest BCUT2D eigenvalue weighted by Gasteiger charge is -2.26. The molecule has 4 aromatic rings. The number of carbonyl (C=O) groups is 1. The number of pyridine rings is 1. The molecule has 3 atom stereocenters. The average molecular weight is 530 g/mol. The van der Waals surface area contributed by atoms with E-state index in [0.29, 0.717) is 35.4 Å². The van der Waals surface area contributed by atoms with Gasteiger partial charge in [0.25, 0.3) is 5.95 Å². The van der Waals surface area contributed by atoms with Crippen LogP contribution in [0.3, 0.4) is 0 Å². The summed E-state index contributed by atoms with van der Waals surface area (Å²) in [5, 5.41) is 5.45. The van der Waals surface area contributed by atoms with Gasteiger partial charge in [-0.25, -0.2) is 4.98 Å². The van der Waals surface area contributed by atoms with Crippen molar-refractivity contribution in [3.63, 3.8) is 0 Å². The number of aryl methyl sites for hydroxylation is 4. The lowest BCUT2D eigenvalue weighted by atomic mass is 9.78. The standard InChI is InChI=1S/C31H39N5O3/c1-15(2)27-19(7)28(16(3)4)22-14-24(17(5)12-21(22)27)39-26-11-10-23(38-26)31(37)34-33-25-13-18(6)29-20(8)35-36(9)30(29)32-25/h10-16,19,27-28H,1-9H3,(H,32,33)(H,34,37). The van der Waals surface area contributed by atoms with E-state index in [9.17, 15) is 4.79 Å². The summed E-state index contributed by atoms with van der Waals surface area (Å²) in [7, 11) is 1.85. The molecule has 1 aliphatic carbocycles. The van der Waals surface area contributed by atoms with Crippen LogP contribution in [0.5, 0.6) is 11.7 Å². The molecule has 8 nitrogen and oxygen atoms in total. The highest BCUT2D eigenvalue weighted by molar-refractivity contribution is 5.92. The van der Waals surface area contributed by atoms with E-state index in [1.807, 2.05) is 27.0 Å². The lowest BCUT2D eigenvalue weighted by molar-refractivity contribution is 0.0930. The average Bonchev–Trinajstić information content (AvgIpc) is 3.51. The quantitative estimate of drug-likeness (QED) is 0.247. The maximum atomic E-state index is 12.8. The van der Waals surface area contributed by atoms with Crippen molar-refractivity contribution < 1.29 is 13.9 Å². The largest absolute Gasteiger partial charge is 0.426 e. The predicted octanol–water partition coefficient (Wildman–Crippen LogP) is 7.16. The molecule has 0 saturated heterocycles.